The van der Waals surface area contributed by atoms with Crippen molar-refractivity contribution in [2.75, 3.05) is 7.11 Å². The second-order valence-corrected chi connectivity index (χ2v) is 6.00. The Morgan fingerprint density at radius 2 is 1.48 bits per heavy atom. The largest absolute Gasteiger partial charge is 0.467 e. The molecule has 2 rings (SSSR count). The normalized spacial score (nSPS) is 11.6. The second kappa shape index (κ2) is 8.83. The van der Waals surface area contributed by atoms with Crippen molar-refractivity contribution in [3.8, 4) is 0 Å². The third-order valence-electron chi connectivity index (χ3n) is 3.88. The molecule has 0 radical (unpaired) electrons. The summed E-state index contributed by atoms with van der Waals surface area (Å²) in [7, 11) is 1.31. The minimum Gasteiger partial charge on any atom is -0.467 e. The van der Waals surface area contributed by atoms with Gasteiger partial charge in [-0.2, -0.15) is 0 Å². The van der Waals surface area contributed by atoms with Crippen LogP contribution >= 0.6 is 0 Å². The molecular weight excluding hydrogens is 314 g/mol. The van der Waals surface area contributed by atoms with Gasteiger partial charge in [0, 0.05) is 0 Å². The zero-order valence-corrected chi connectivity index (χ0v) is 14.6. The number of esters is 1. The number of hydrogen-bond acceptors (Lipinski definition) is 3. The molecule has 4 nitrogen and oxygen atoms in total. The number of amides is 1. The van der Waals surface area contributed by atoms with Gasteiger partial charge in [0.1, 0.15) is 6.04 Å². The number of carbonyl (C=O) groups is 2. The SMILES string of the molecule is C=C(C)C[C@@H](NC(=O)C(c1ccccc1)c1ccccc1)C(=O)OC. The third kappa shape index (κ3) is 5.05. The molecule has 0 aromatic heterocycles. The van der Waals surface area contributed by atoms with Crippen molar-refractivity contribution in [2.24, 2.45) is 0 Å². The first-order chi connectivity index (χ1) is 12.0. The first-order valence-corrected chi connectivity index (χ1v) is 8.15. The van der Waals surface area contributed by atoms with Gasteiger partial charge in [0.2, 0.25) is 5.91 Å². The lowest BCUT2D eigenvalue weighted by Gasteiger charge is -2.22. The minimum absolute atomic E-state index is 0.242. The van der Waals surface area contributed by atoms with Crippen LogP contribution in [0, 0.1) is 0 Å². The fraction of sp³-hybridized carbons (Fsp3) is 0.238. The van der Waals surface area contributed by atoms with E-state index in [4.69, 9.17) is 4.74 Å². The number of rotatable bonds is 7. The lowest BCUT2D eigenvalue weighted by molar-refractivity contribution is -0.145. The molecule has 0 aliphatic rings. The fourth-order valence-corrected chi connectivity index (χ4v) is 2.73. The maximum atomic E-state index is 13.0. The van der Waals surface area contributed by atoms with Gasteiger partial charge in [-0.25, -0.2) is 4.79 Å². The van der Waals surface area contributed by atoms with Gasteiger partial charge in [-0.05, 0) is 24.5 Å². The zero-order valence-electron chi connectivity index (χ0n) is 14.6. The van der Waals surface area contributed by atoms with E-state index >= 15 is 0 Å². The van der Waals surface area contributed by atoms with E-state index in [1.54, 1.807) is 0 Å². The quantitative estimate of drug-likeness (QED) is 0.622. The first-order valence-electron chi connectivity index (χ1n) is 8.15. The standard InChI is InChI=1S/C21H23NO3/c1-15(2)14-18(21(24)25-3)22-20(23)19(16-10-6-4-7-11-16)17-12-8-5-9-13-17/h4-13,18-19H,1,14H2,2-3H3,(H,22,23)/t18-/m1/s1. The number of ether oxygens (including phenoxy) is 1. The van der Waals surface area contributed by atoms with E-state index in [0.717, 1.165) is 16.7 Å². The van der Waals surface area contributed by atoms with E-state index in [9.17, 15) is 9.59 Å². The topological polar surface area (TPSA) is 55.4 Å². The van der Waals surface area contributed by atoms with Crippen molar-refractivity contribution in [1.29, 1.82) is 0 Å². The highest BCUT2D eigenvalue weighted by Gasteiger charge is 2.28. The van der Waals surface area contributed by atoms with E-state index in [2.05, 4.69) is 11.9 Å². The molecular formula is C21H23NO3. The summed E-state index contributed by atoms with van der Waals surface area (Å²) in [5.41, 5.74) is 2.53. The van der Waals surface area contributed by atoms with E-state index in [0.29, 0.717) is 6.42 Å². The van der Waals surface area contributed by atoms with Gasteiger partial charge in [-0.1, -0.05) is 66.2 Å². The Hall–Kier alpha value is -2.88. The zero-order chi connectivity index (χ0) is 18.2. The number of nitrogens with one attached hydrogen (secondary N) is 1. The van der Waals surface area contributed by atoms with Crippen molar-refractivity contribution >= 4 is 11.9 Å². The predicted octanol–water partition coefficient (Wildman–Crippen LogP) is 3.44. The average molecular weight is 337 g/mol. The van der Waals surface area contributed by atoms with Crippen molar-refractivity contribution in [1.82, 2.24) is 5.32 Å². The van der Waals surface area contributed by atoms with E-state index in [-0.39, 0.29) is 5.91 Å². The molecule has 0 aliphatic carbocycles. The Morgan fingerprint density at radius 3 is 1.88 bits per heavy atom. The molecule has 0 saturated heterocycles. The molecule has 0 saturated carbocycles. The smallest absolute Gasteiger partial charge is 0.328 e. The van der Waals surface area contributed by atoms with Gasteiger partial charge in [-0.3, -0.25) is 4.79 Å². The minimum atomic E-state index is -0.745. The molecule has 1 atom stereocenters. The summed E-state index contributed by atoms with van der Waals surface area (Å²) in [5.74, 6) is -1.22. The number of methoxy groups -OCH3 is 1. The summed E-state index contributed by atoms with van der Waals surface area (Å²) in [4.78, 5) is 25.0. The summed E-state index contributed by atoms with van der Waals surface area (Å²) in [5, 5.41) is 2.82. The molecule has 130 valence electrons. The van der Waals surface area contributed by atoms with Crippen LogP contribution in [0.15, 0.2) is 72.8 Å². The van der Waals surface area contributed by atoms with Crippen molar-refractivity contribution in [2.45, 2.75) is 25.3 Å². The Bertz CT molecular complexity index is 686. The van der Waals surface area contributed by atoms with Gasteiger partial charge < -0.3 is 10.1 Å². The van der Waals surface area contributed by atoms with E-state index < -0.39 is 17.9 Å². The van der Waals surface area contributed by atoms with Gasteiger partial charge in [0.15, 0.2) is 0 Å². The van der Waals surface area contributed by atoms with E-state index in [1.807, 2.05) is 67.6 Å². The molecule has 25 heavy (non-hydrogen) atoms. The number of carbonyl (C=O) groups excluding carboxylic acids is 2. The van der Waals surface area contributed by atoms with Crippen LogP contribution in [0.3, 0.4) is 0 Å². The Morgan fingerprint density at radius 1 is 1.00 bits per heavy atom. The van der Waals surface area contributed by atoms with Gasteiger partial charge in [0.25, 0.3) is 0 Å². The van der Waals surface area contributed by atoms with Crippen LogP contribution in [0.1, 0.15) is 30.4 Å². The molecule has 0 fully saturated rings. The molecule has 2 aromatic rings. The number of hydrogen-bond donors (Lipinski definition) is 1. The van der Waals surface area contributed by atoms with Crippen molar-refractivity contribution < 1.29 is 14.3 Å². The Balaban J connectivity index is 2.32. The van der Waals surface area contributed by atoms with Crippen LogP contribution in [-0.4, -0.2) is 25.0 Å². The second-order valence-electron chi connectivity index (χ2n) is 6.00. The average Bonchev–Trinajstić information content (AvgIpc) is 2.62. The summed E-state index contributed by atoms with van der Waals surface area (Å²) in [6.07, 6.45) is 0.342. The van der Waals surface area contributed by atoms with Crippen LogP contribution in [0.4, 0.5) is 0 Å². The van der Waals surface area contributed by atoms with Crippen molar-refractivity contribution in [3.63, 3.8) is 0 Å². The highest BCUT2D eigenvalue weighted by Crippen LogP contribution is 2.25. The summed E-state index contributed by atoms with van der Waals surface area (Å²) < 4.78 is 4.81. The van der Waals surface area contributed by atoms with Gasteiger partial charge in [-0.15, -0.1) is 6.58 Å². The fourth-order valence-electron chi connectivity index (χ4n) is 2.73. The van der Waals surface area contributed by atoms with Crippen LogP contribution in [-0.2, 0) is 14.3 Å². The molecule has 1 N–H and O–H groups in total. The Labute approximate surface area is 148 Å². The third-order valence-corrected chi connectivity index (χ3v) is 3.88. The lowest BCUT2D eigenvalue weighted by atomic mass is 9.90. The predicted molar refractivity (Wildman–Crippen MR) is 98.1 cm³/mol. The summed E-state index contributed by atoms with van der Waals surface area (Å²) >= 11 is 0. The molecule has 2 aromatic carbocycles. The summed E-state index contributed by atoms with van der Waals surface area (Å²) in [6.45, 7) is 5.63. The first kappa shape index (κ1) is 18.5. The van der Waals surface area contributed by atoms with Crippen LogP contribution < -0.4 is 5.32 Å². The van der Waals surface area contributed by atoms with Crippen LogP contribution in [0.5, 0.6) is 0 Å². The maximum absolute atomic E-state index is 13.0. The summed E-state index contributed by atoms with van der Waals surface area (Å²) in [6, 6.07) is 18.3. The number of benzene rings is 2. The molecule has 0 aliphatic heterocycles. The molecule has 0 bridgehead atoms. The van der Waals surface area contributed by atoms with Crippen LogP contribution in [0.2, 0.25) is 0 Å². The molecule has 4 heteroatoms. The highest BCUT2D eigenvalue weighted by atomic mass is 16.5. The van der Waals surface area contributed by atoms with Crippen LogP contribution in [0.25, 0.3) is 0 Å². The maximum Gasteiger partial charge on any atom is 0.328 e. The molecule has 1 amide bonds. The van der Waals surface area contributed by atoms with E-state index in [1.165, 1.54) is 7.11 Å². The highest BCUT2D eigenvalue weighted by molar-refractivity contribution is 5.91. The Kier molecular flexibility index (Phi) is 6.52. The molecule has 0 spiro atoms. The monoisotopic (exact) mass is 337 g/mol. The lowest BCUT2D eigenvalue weighted by Crippen LogP contribution is -2.44. The van der Waals surface area contributed by atoms with Crippen molar-refractivity contribution in [3.05, 3.63) is 83.9 Å². The van der Waals surface area contributed by atoms with Gasteiger partial charge in [0.05, 0.1) is 13.0 Å². The van der Waals surface area contributed by atoms with Gasteiger partial charge >= 0.3 is 5.97 Å². The molecule has 0 unspecified atom stereocenters. The molecule has 0 heterocycles.